The van der Waals surface area contributed by atoms with E-state index >= 15 is 0 Å². The molecule has 0 saturated carbocycles. The number of imide groups is 1. The van der Waals surface area contributed by atoms with Crippen molar-refractivity contribution in [3.63, 3.8) is 0 Å². The lowest BCUT2D eigenvalue weighted by atomic mass is 9.86. The summed E-state index contributed by atoms with van der Waals surface area (Å²) in [6.45, 7) is 1.96. The van der Waals surface area contributed by atoms with Crippen LogP contribution in [0.15, 0.2) is 84.9 Å². The number of hydrogen-bond donors (Lipinski definition) is 0. The summed E-state index contributed by atoms with van der Waals surface area (Å²) in [5.74, 6) is -2.03. The molecule has 3 aromatic carbocycles. The molecule has 6 rings (SSSR count). The molecule has 0 bridgehead atoms. The molecule has 5 heteroatoms. The van der Waals surface area contributed by atoms with Gasteiger partial charge in [-0.15, -0.1) is 0 Å². The number of benzene rings is 3. The first kappa shape index (κ1) is 19.7. The van der Waals surface area contributed by atoms with E-state index in [1.54, 1.807) is 24.3 Å². The van der Waals surface area contributed by atoms with Gasteiger partial charge in [-0.25, -0.2) is 4.90 Å². The van der Waals surface area contributed by atoms with Crippen LogP contribution in [0.25, 0.3) is 6.08 Å². The van der Waals surface area contributed by atoms with Gasteiger partial charge in [-0.05, 0) is 30.7 Å². The summed E-state index contributed by atoms with van der Waals surface area (Å²) >= 11 is 0. The molecule has 4 atom stereocenters. The lowest BCUT2D eigenvalue weighted by molar-refractivity contribution is -0.122. The van der Waals surface area contributed by atoms with Gasteiger partial charge in [-0.1, -0.05) is 78.4 Å². The van der Waals surface area contributed by atoms with Crippen molar-refractivity contribution >= 4 is 35.0 Å². The van der Waals surface area contributed by atoms with Gasteiger partial charge in [0.05, 0.1) is 23.6 Å². The highest BCUT2D eigenvalue weighted by Gasteiger charge is 2.64. The van der Waals surface area contributed by atoms with Crippen LogP contribution in [-0.4, -0.2) is 29.7 Å². The fourth-order valence-electron chi connectivity index (χ4n) is 5.54. The second-order valence-corrected chi connectivity index (χ2v) is 8.89. The Balaban J connectivity index is 1.50. The number of para-hydroxylation sites is 1. The molecule has 3 aliphatic heterocycles. The molecule has 3 aromatic rings. The molecule has 0 aliphatic carbocycles. The van der Waals surface area contributed by atoms with E-state index in [0.717, 1.165) is 16.8 Å². The maximum Gasteiger partial charge on any atom is 0.240 e. The van der Waals surface area contributed by atoms with Crippen LogP contribution in [0.5, 0.6) is 0 Å². The summed E-state index contributed by atoms with van der Waals surface area (Å²) in [6, 6.07) is 23.1. The third-order valence-electron chi connectivity index (χ3n) is 7.03. The SMILES string of the molecule is Cc1ccc(N2C(=O)[C@@H]3[C@@H](C2=O)[C@@H]2C=Cc4ccccc4N2[C@@H]3C(=O)c2ccccc2)cc1. The van der Waals surface area contributed by atoms with Crippen LogP contribution in [-0.2, 0) is 9.59 Å². The van der Waals surface area contributed by atoms with E-state index in [1.807, 2.05) is 78.6 Å². The fraction of sp³-hybridized carbons (Fsp3) is 0.179. The molecule has 2 amide bonds. The zero-order chi connectivity index (χ0) is 22.7. The van der Waals surface area contributed by atoms with Crippen LogP contribution < -0.4 is 9.80 Å². The Bertz CT molecular complexity index is 1310. The standard InChI is InChI=1S/C28H22N2O3/c1-17-11-14-20(15-12-17)29-27(32)23-22-16-13-18-7-5-6-10-21(18)30(22)25(24(23)28(29)33)26(31)19-8-3-2-4-9-19/h2-16,22-25H,1H3/t22-,23-,24+,25-/m0/s1. The summed E-state index contributed by atoms with van der Waals surface area (Å²) in [7, 11) is 0. The average molecular weight is 434 g/mol. The average Bonchev–Trinajstić information content (AvgIpc) is 3.33. The van der Waals surface area contributed by atoms with Gasteiger partial charge < -0.3 is 4.90 Å². The van der Waals surface area contributed by atoms with Gasteiger partial charge in [0.2, 0.25) is 11.8 Å². The number of aryl methyl sites for hydroxylation is 1. The maximum atomic E-state index is 13.8. The van der Waals surface area contributed by atoms with Crippen molar-refractivity contribution in [2.24, 2.45) is 11.8 Å². The Kier molecular flexibility index (Phi) is 4.34. The van der Waals surface area contributed by atoms with E-state index < -0.39 is 17.9 Å². The quantitative estimate of drug-likeness (QED) is 0.456. The second kappa shape index (κ2) is 7.27. The highest BCUT2D eigenvalue weighted by atomic mass is 16.2. The highest BCUT2D eigenvalue weighted by molar-refractivity contribution is 6.25. The number of anilines is 2. The van der Waals surface area contributed by atoms with Gasteiger partial charge in [-0.2, -0.15) is 0 Å². The maximum absolute atomic E-state index is 13.8. The summed E-state index contributed by atoms with van der Waals surface area (Å²) in [6.07, 6.45) is 3.97. The molecule has 3 aliphatic rings. The minimum Gasteiger partial charge on any atom is -0.352 e. The number of carbonyl (C=O) groups excluding carboxylic acids is 3. The largest absolute Gasteiger partial charge is 0.352 e. The Morgan fingerprint density at radius 3 is 2.21 bits per heavy atom. The predicted octanol–water partition coefficient (Wildman–Crippen LogP) is 4.27. The number of Topliss-reactive ketones (excluding diaryl/α,β-unsaturated/α-hetero) is 1. The van der Waals surface area contributed by atoms with Crippen LogP contribution >= 0.6 is 0 Å². The van der Waals surface area contributed by atoms with Crippen LogP contribution in [0.4, 0.5) is 11.4 Å². The number of ketones is 1. The van der Waals surface area contributed by atoms with Crippen molar-refractivity contribution in [3.8, 4) is 0 Å². The molecular formula is C28H22N2O3. The predicted molar refractivity (Wildman–Crippen MR) is 127 cm³/mol. The minimum absolute atomic E-state index is 0.134. The third-order valence-corrected chi connectivity index (χ3v) is 7.03. The van der Waals surface area contributed by atoms with Crippen molar-refractivity contribution in [1.29, 1.82) is 0 Å². The fourth-order valence-corrected chi connectivity index (χ4v) is 5.54. The van der Waals surface area contributed by atoms with Crippen LogP contribution in [0.1, 0.15) is 21.5 Å². The van der Waals surface area contributed by atoms with Gasteiger partial charge in [0.1, 0.15) is 6.04 Å². The Hall–Kier alpha value is -3.99. The van der Waals surface area contributed by atoms with E-state index in [2.05, 4.69) is 0 Å². The number of nitrogens with zero attached hydrogens (tertiary/aromatic N) is 2. The first-order chi connectivity index (χ1) is 16.1. The zero-order valence-corrected chi connectivity index (χ0v) is 18.1. The summed E-state index contributed by atoms with van der Waals surface area (Å²) in [4.78, 5) is 44.6. The number of amides is 2. The molecule has 0 N–H and O–H groups in total. The monoisotopic (exact) mass is 434 g/mol. The van der Waals surface area contributed by atoms with E-state index in [0.29, 0.717) is 11.3 Å². The first-order valence-electron chi connectivity index (χ1n) is 11.2. The van der Waals surface area contributed by atoms with Crippen molar-refractivity contribution in [2.45, 2.75) is 19.0 Å². The Morgan fingerprint density at radius 2 is 1.45 bits per heavy atom. The molecule has 2 fully saturated rings. The molecular weight excluding hydrogens is 412 g/mol. The zero-order valence-electron chi connectivity index (χ0n) is 18.1. The van der Waals surface area contributed by atoms with E-state index in [-0.39, 0.29) is 23.6 Å². The number of carbonyl (C=O) groups is 3. The molecule has 162 valence electrons. The highest BCUT2D eigenvalue weighted by Crippen LogP contribution is 2.49. The van der Waals surface area contributed by atoms with Gasteiger partial charge in [0.25, 0.3) is 0 Å². The molecule has 0 aromatic heterocycles. The van der Waals surface area contributed by atoms with Crippen LogP contribution in [0.2, 0.25) is 0 Å². The Morgan fingerprint density at radius 1 is 0.788 bits per heavy atom. The molecule has 0 radical (unpaired) electrons. The topological polar surface area (TPSA) is 57.7 Å². The normalized spacial score (nSPS) is 25.1. The van der Waals surface area contributed by atoms with E-state index in [4.69, 9.17) is 0 Å². The van der Waals surface area contributed by atoms with Crippen molar-refractivity contribution in [1.82, 2.24) is 0 Å². The van der Waals surface area contributed by atoms with Gasteiger partial charge in [-0.3, -0.25) is 14.4 Å². The van der Waals surface area contributed by atoms with Crippen molar-refractivity contribution in [2.75, 3.05) is 9.80 Å². The smallest absolute Gasteiger partial charge is 0.240 e. The minimum atomic E-state index is -0.750. The van der Waals surface area contributed by atoms with Crippen molar-refractivity contribution in [3.05, 3.63) is 102 Å². The molecule has 33 heavy (non-hydrogen) atoms. The number of fused-ring (bicyclic) bond motifs is 5. The number of rotatable bonds is 3. The lowest BCUT2D eigenvalue weighted by Crippen LogP contribution is -2.48. The summed E-state index contributed by atoms with van der Waals surface area (Å²) in [5, 5.41) is 0. The summed E-state index contributed by atoms with van der Waals surface area (Å²) < 4.78 is 0. The van der Waals surface area contributed by atoms with E-state index in [1.165, 1.54) is 4.90 Å². The van der Waals surface area contributed by atoms with Crippen LogP contribution in [0.3, 0.4) is 0 Å². The molecule has 5 nitrogen and oxygen atoms in total. The summed E-state index contributed by atoms with van der Waals surface area (Å²) in [5.41, 5.74) is 4.02. The molecule has 3 heterocycles. The van der Waals surface area contributed by atoms with Gasteiger partial charge in [0, 0.05) is 11.3 Å². The lowest BCUT2D eigenvalue weighted by Gasteiger charge is -2.36. The number of hydrogen-bond acceptors (Lipinski definition) is 4. The van der Waals surface area contributed by atoms with Gasteiger partial charge in [0.15, 0.2) is 5.78 Å². The first-order valence-corrected chi connectivity index (χ1v) is 11.2. The molecule has 0 spiro atoms. The molecule has 2 saturated heterocycles. The third kappa shape index (κ3) is 2.82. The van der Waals surface area contributed by atoms with Gasteiger partial charge >= 0.3 is 0 Å². The van der Waals surface area contributed by atoms with E-state index in [9.17, 15) is 14.4 Å². The Labute approximate surface area is 191 Å². The second-order valence-electron chi connectivity index (χ2n) is 8.89. The van der Waals surface area contributed by atoms with Crippen molar-refractivity contribution < 1.29 is 14.4 Å². The van der Waals surface area contributed by atoms with Crippen LogP contribution in [0, 0.1) is 18.8 Å². The molecule has 0 unspecified atom stereocenters.